The van der Waals surface area contributed by atoms with Crippen LogP contribution in [0.2, 0.25) is 5.02 Å². The molecule has 0 aliphatic heterocycles. The summed E-state index contributed by atoms with van der Waals surface area (Å²) in [4.78, 5) is 23.4. The number of nitriles is 1. The molecular weight excluding hydrogens is 298 g/mol. The van der Waals surface area contributed by atoms with Crippen LogP contribution in [-0.2, 0) is 9.59 Å². The summed E-state index contributed by atoms with van der Waals surface area (Å²) in [5.74, 6) is -1.31. The number of hydrogen-bond donors (Lipinski definition) is 2. The fraction of sp³-hybridized carbons (Fsp3) is 0.308. The standard InChI is InChI=1S/C13H14ClN3O2S/c1-3-12(18)17-10-5-11(20-6-15)9(14)4-8(10)7(2)13(16)19/h4-5,7H,3H2,1-2H3,(H2,16,19)(H,17,18). The number of nitrogens with zero attached hydrogens (tertiary/aromatic N) is 1. The summed E-state index contributed by atoms with van der Waals surface area (Å²) in [5.41, 5.74) is 6.28. The minimum absolute atomic E-state index is 0.196. The van der Waals surface area contributed by atoms with Gasteiger partial charge in [0.1, 0.15) is 5.40 Å². The fourth-order valence-corrected chi connectivity index (χ4v) is 2.27. The highest BCUT2D eigenvalue weighted by atomic mass is 35.5. The van der Waals surface area contributed by atoms with E-state index < -0.39 is 11.8 Å². The first kappa shape index (κ1) is 16.3. The van der Waals surface area contributed by atoms with Crippen molar-refractivity contribution in [2.24, 2.45) is 5.73 Å². The number of thioether (sulfide) groups is 1. The van der Waals surface area contributed by atoms with Crippen molar-refractivity contribution in [3.63, 3.8) is 0 Å². The predicted octanol–water partition coefficient (Wildman–Crippen LogP) is 2.85. The number of anilines is 1. The van der Waals surface area contributed by atoms with Crippen molar-refractivity contribution >= 4 is 40.9 Å². The number of benzene rings is 1. The summed E-state index contributed by atoms with van der Waals surface area (Å²) in [6.45, 7) is 3.35. The second-order valence-corrected chi connectivity index (χ2v) is 5.32. The molecular formula is C13H14ClN3O2S. The van der Waals surface area contributed by atoms with Gasteiger partial charge in [0.05, 0.1) is 10.9 Å². The normalized spacial score (nSPS) is 11.5. The first-order valence-corrected chi connectivity index (χ1v) is 7.08. The third-order valence-electron chi connectivity index (χ3n) is 2.75. The molecule has 0 fully saturated rings. The zero-order chi connectivity index (χ0) is 15.3. The van der Waals surface area contributed by atoms with E-state index in [1.54, 1.807) is 26.0 Å². The Bertz CT molecular complexity index is 584. The predicted molar refractivity (Wildman–Crippen MR) is 79.5 cm³/mol. The van der Waals surface area contributed by atoms with Crippen LogP contribution < -0.4 is 11.1 Å². The van der Waals surface area contributed by atoms with Gasteiger partial charge in [-0.05, 0) is 36.4 Å². The van der Waals surface area contributed by atoms with Crippen LogP contribution >= 0.6 is 23.4 Å². The van der Waals surface area contributed by atoms with Crippen LogP contribution in [0.1, 0.15) is 31.7 Å². The Morgan fingerprint density at radius 3 is 2.70 bits per heavy atom. The minimum atomic E-state index is -0.596. The van der Waals surface area contributed by atoms with E-state index in [9.17, 15) is 9.59 Å². The molecule has 1 unspecified atom stereocenters. The van der Waals surface area contributed by atoms with E-state index in [0.717, 1.165) is 11.8 Å². The fourth-order valence-electron chi connectivity index (χ4n) is 1.55. The lowest BCUT2D eigenvalue weighted by Crippen LogP contribution is -2.21. The third-order valence-corrected chi connectivity index (χ3v) is 3.82. The number of carbonyl (C=O) groups is 2. The molecule has 0 heterocycles. The minimum Gasteiger partial charge on any atom is -0.369 e. The average molecular weight is 312 g/mol. The summed E-state index contributed by atoms with van der Waals surface area (Å²) in [7, 11) is 0. The van der Waals surface area contributed by atoms with E-state index >= 15 is 0 Å². The van der Waals surface area contributed by atoms with Crippen LogP contribution in [0.15, 0.2) is 17.0 Å². The Balaban J connectivity index is 3.33. The van der Waals surface area contributed by atoms with Crippen molar-refractivity contribution in [3.8, 4) is 5.40 Å². The molecule has 1 aromatic carbocycles. The van der Waals surface area contributed by atoms with Crippen LogP contribution in [0, 0.1) is 10.7 Å². The van der Waals surface area contributed by atoms with Crippen molar-refractivity contribution in [3.05, 3.63) is 22.7 Å². The van der Waals surface area contributed by atoms with Crippen molar-refractivity contribution in [1.82, 2.24) is 0 Å². The maximum Gasteiger partial charge on any atom is 0.224 e. The van der Waals surface area contributed by atoms with E-state index in [1.165, 1.54) is 0 Å². The number of carbonyl (C=O) groups excluding carboxylic acids is 2. The van der Waals surface area contributed by atoms with Gasteiger partial charge in [0, 0.05) is 17.0 Å². The molecule has 0 radical (unpaired) electrons. The van der Waals surface area contributed by atoms with Crippen LogP contribution in [0.3, 0.4) is 0 Å². The SMILES string of the molecule is CCC(=O)Nc1cc(SC#N)c(Cl)cc1C(C)C(N)=O. The Kier molecular flexibility index (Phi) is 5.86. The average Bonchev–Trinajstić information content (AvgIpc) is 2.41. The van der Waals surface area contributed by atoms with Crippen LogP contribution in [0.4, 0.5) is 5.69 Å². The molecule has 0 spiro atoms. The van der Waals surface area contributed by atoms with Crippen molar-refractivity contribution in [1.29, 1.82) is 5.26 Å². The monoisotopic (exact) mass is 311 g/mol. The largest absolute Gasteiger partial charge is 0.369 e. The van der Waals surface area contributed by atoms with Gasteiger partial charge < -0.3 is 11.1 Å². The van der Waals surface area contributed by atoms with Gasteiger partial charge in [-0.1, -0.05) is 18.5 Å². The van der Waals surface area contributed by atoms with E-state index in [-0.39, 0.29) is 5.91 Å². The number of hydrogen-bond acceptors (Lipinski definition) is 4. The second-order valence-electron chi connectivity index (χ2n) is 4.09. The van der Waals surface area contributed by atoms with E-state index in [0.29, 0.717) is 27.6 Å². The molecule has 0 saturated heterocycles. The van der Waals surface area contributed by atoms with Gasteiger partial charge in [0.25, 0.3) is 0 Å². The number of rotatable bonds is 5. The number of nitrogens with two attached hydrogens (primary N) is 1. The van der Waals surface area contributed by atoms with Gasteiger partial charge in [-0.2, -0.15) is 5.26 Å². The highest BCUT2D eigenvalue weighted by molar-refractivity contribution is 8.03. The molecule has 0 aliphatic carbocycles. The highest BCUT2D eigenvalue weighted by Gasteiger charge is 2.19. The van der Waals surface area contributed by atoms with Crippen molar-refractivity contribution < 1.29 is 9.59 Å². The van der Waals surface area contributed by atoms with Crippen LogP contribution in [-0.4, -0.2) is 11.8 Å². The molecule has 3 N–H and O–H groups in total. The van der Waals surface area contributed by atoms with Crippen LogP contribution in [0.5, 0.6) is 0 Å². The molecule has 20 heavy (non-hydrogen) atoms. The summed E-state index contributed by atoms with van der Waals surface area (Å²) in [5, 5.41) is 13.7. The van der Waals surface area contributed by atoms with Gasteiger partial charge in [-0.25, -0.2) is 0 Å². The van der Waals surface area contributed by atoms with Gasteiger partial charge >= 0.3 is 0 Å². The second kappa shape index (κ2) is 7.17. The molecule has 1 aromatic rings. The van der Waals surface area contributed by atoms with Crippen molar-refractivity contribution in [2.75, 3.05) is 5.32 Å². The lowest BCUT2D eigenvalue weighted by atomic mass is 9.98. The molecule has 7 heteroatoms. The van der Waals surface area contributed by atoms with E-state index in [2.05, 4.69) is 5.32 Å². The molecule has 0 bridgehead atoms. The van der Waals surface area contributed by atoms with Crippen LogP contribution in [0.25, 0.3) is 0 Å². The first-order chi connectivity index (χ1) is 9.40. The maximum absolute atomic E-state index is 11.5. The van der Waals surface area contributed by atoms with Crippen molar-refractivity contribution in [2.45, 2.75) is 31.1 Å². The Labute approximate surface area is 126 Å². The zero-order valence-electron chi connectivity index (χ0n) is 11.1. The number of amides is 2. The molecule has 106 valence electrons. The first-order valence-electron chi connectivity index (χ1n) is 5.89. The summed E-state index contributed by atoms with van der Waals surface area (Å²) < 4.78 is 0. The Morgan fingerprint density at radius 2 is 2.20 bits per heavy atom. The Hall–Kier alpha value is -1.71. The number of primary amides is 1. The smallest absolute Gasteiger partial charge is 0.224 e. The molecule has 2 amide bonds. The number of thiocyanates is 1. The summed E-state index contributed by atoms with van der Waals surface area (Å²) >= 11 is 6.95. The number of halogens is 1. The molecule has 1 rings (SSSR count). The highest BCUT2D eigenvalue weighted by Crippen LogP contribution is 2.35. The lowest BCUT2D eigenvalue weighted by molar-refractivity contribution is -0.119. The Morgan fingerprint density at radius 1 is 1.55 bits per heavy atom. The van der Waals surface area contributed by atoms with Gasteiger partial charge in [0.2, 0.25) is 11.8 Å². The van der Waals surface area contributed by atoms with E-state index in [4.69, 9.17) is 22.6 Å². The van der Waals surface area contributed by atoms with E-state index in [1.807, 2.05) is 5.40 Å². The zero-order valence-corrected chi connectivity index (χ0v) is 12.6. The van der Waals surface area contributed by atoms with Gasteiger partial charge in [-0.15, -0.1) is 0 Å². The van der Waals surface area contributed by atoms with Gasteiger partial charge in [0.15, 0.2) is 0 Å². The van der Waals surface area contributed by atoms with Gasteiger partial charge in [-0.3, -0.25) is 9.59 Å². The summed E-state index contributed by atoms with van der Waals surface area (Å²) in [6, 6.07) is 3.14. The topological polar surface area (TPSA) is 96.0 Å². The quantitative estimate of drug-likeness (QED) is 0.645. The molecule has 0 saturated carbocycles. The molecule has 5 nitrogen and oxygen atoms in total. The molecule has 0 aliphatic rings. The molecule has 1 atom stereocenters. The number of nitrogens with one attached hydrogen (secondary N) is 1. The molecule has 0 aromatic heterocycles. The lowest BCUT2D eigenvalue weighted by Gasteiger charge is -2.16. The third kappa shape index (κ3) is 3.89. The maximum atomic E-state index is 11.5. The summed E-state index contributed by atoms with van der Waals surface area (Å²) in [6.07, 6.45) is 0.299.